The Morgan fingerprint density at radius 1 is 0.974 bits per heavy atom. The van der Waals surface area contributed by atoms with Gasteiger partial charge in [-0.3, -0.25) is 9.78 Å². The average molecular weight is 591 g/mol. The van der Waals surface area contributed by atoms with Gasteiger partial charge in [0.2, 0.25) is 0 Å². The van der Waals surface area contributed by atoms with Crippen molar-refractivity contribution in [2.45, 2.75) is 18.8 Å². The minimum Gasteiger partial charge on any atom is -0.549 e. The van der Waals surface area contributed by atoms with Crippen LogP contribution in [0.25, 0.3) is 11.3 Å². The number of carbonyl (C=O) groups excluding carboxylic acids is 2. The van der Waals surface area contributed by atoms with Gasteiger partial charge in [-0.15, -0.1) is 0 Å². The van der Waals surface area contributed by atoms with Gasteiger partial charge in [-0.05, 0) is 67.1 Å². The van der Waals surface area contributed by atoms with Crippen molar-refractivity contribution >= 4 is 46.6 Å². The summed E-state index contributed by atoms with van der Waals surface area (Å²) in [6, 6.07) is 20.3. The van der Waals surface area contributed by atoms with E-state index in [1.165, 1.54) is 6.07 Å². The molecule has 1 aliphatic rings. The smallest absolute Gasteiger partial charge is 0.549 e. The first-order chi connectivity index (χ1) is 18.3. The zero-order valence-corrected chi connectivity index (χ0v) is 25.0. The topological polar surface area (TPSA) is 88.5 Å². The Kier molecular flexibility index (Phi) is 9.60. The molecule has 39 heavy (non-hydrogen) atoms. The Morgan fingerprint density at radius 3 is 2.46 bits per heavy atom. The Labute approximate surface area is 262 Å². The summed E-state index contributed by atoms with van der Waals surface area (Å²) in [6.45, 7) is 0.258. The number of carbonyl (C=O) groups is 2. The summed E-state index contributed by atoms with van der Waals surface area (Å²) in [7, 11) is 0. The van der Waals surface area contributed by atoms with Crippen LogP contribution in [-0.2, 0) is 11.2 Å². The zero-order chi connectivity index (χ0) is 26.8. The molecule has 2 heterocycles. The van der Waals surface area contributed by atoms with Crippen LogP contribution in [0.1, 0.15) is 34.0 Å². The van der Waals surface area contributed by atoms with Gasteiger partial charge in [-0.25, -0.2) is 0 Å². The molecule has 3 aromatic carbocycles. The molecule has 0 radical (unpaired) electrons. The molecule has 0 N–H and O–H groups in total. The van der Waals surface area contributed by atoms with Crippen molar-refractivity contribution < 1.29 is 53.7 Å². The van der Waals surface area contributed by atoms with E-state index in [-0.39, 0.29) is 53.4 Å². The number of ketones is 1. The molecule has 0 spiro atoms. The van der Waals surface area contributed by atoms with Gasteiger partial charge in [0, 0.05) is 45.4 Å². The number of halogens is 3. The summed E-state index contributed by atoms with van der Waals surface area (Å²) in [6.07, 6.45) is 0.420. The molecule has 6 nitrogen and oxygen atoms in total. The van der Waals surface area contributed by atoms with E-state index in [9.17, 15) is 14.7 Å². The van der Waals surface area contributed by atoms with Crippen molar-refractivity contribution in [3.05, 3.63) is 105 Å². The van der Waals surface area contributed by atoms with Gasteiger partial charge in [0.1, 0.15) is 17.2 Å². The maximum Gasteiger partial charge on any atom is 1.00 e. The van der Waals surface area contributed by atoms with Crippen LogP contribution in [0.4, 0.5) is 0 Å². The number of aromatic nitrogens is 1. The van der Waals surface area contributed by atoms with Gasteiger partial charge in [0.25, 0.3) is 0 Å². The van der Waals surface area contributed by atoms with Crippen molar-refractivity contribution in [1.82, 2.24) is 4.98 Å². The zero-order valence-electron chi connectivity index (χ0n) is 20.7. The number of nitrogens with zero attached hydrogens (tertiary/aromatic N) is 1. The summed E-state index contributed by atoms with van der Waals surface area (Å²) >= 11 is 18.7. The molecule has 1 atom stereocenters. The van der Waals surface area contributed by atoms with E-state index in [1.807, 2.05) is 12.1 Å². The van der Waals surface area contributed by atoms with E-state index in [1.54, 1.807) is 54.6 Å². The molecule has 0 fully saturated rings. The molecule has 1 aliphatic heterocycles. The number of ether oxygens (including phenoxy) is 2. The van der Waals surface area contributed by atoms with Gasteiger partial charge >= 0.3 is 29.6 Å². The molecule has 1 aromatic heterocycles. The minimum atomic E-state index is -1.17. The van der Waals surface area contributed by atoms with Gasteiger partial charge < -0.3 is 19.4 Å². The predicted octanol–water partition coefficient (Wildman–Crippen LogP) is 3.55. The second-order valence-electron chi connectivity index (χ2n) is 8.69. The van der Waals surface area contributed by atoms with Crippen molar-refractivity contribution in [1.29, 1.82) is 0 Å². The maximum absolute atomic E-state index is 12.9. The summed E-state index contributed by atoms with van der Waals surface area (Å²) in [5.41, 5.74) is 2.94. The summed E-state index contributed by atoms with van der Waals surface area (Å²) in [5.74, 6) is -0.911. The van der Waals surface area contributed by atoms with E-state index >= 15 is 0 Å². The molecule has 0 aliphatic carbocycles. The third-order valence-corrected chi connectivity index (χ3v) is 6.99. The molecular formula is C29H19Cl3NNaO5. The number of rotatable bonds is 7. The van der Waals surface area contributed by atoms with Gasteiger partial charge in [0.15, 0.2) is 5.78 Å². The number of benzene rings is 3. The quantitative estimate of drug-likeness (QED) is 0.242. The monoisotopic (exact) mass is 589 g/mol. The number of hydrogen-bond acceptors (Lipinski definition) is 6. The number of carboxylic acids is 1. The number of Topliss-reactive ketones (excluding diaryl/α,β-unsaturated/α-hetero) is 1. The third kappa shape index (κ3) is 6.77. The van der Waals surface area contributed by atoms with Crippen molar-refractivity contribution in [3.8, 4) is 28.5 Å². The van der Waals surface area contributed by atoms with Gasteiger partial charge in [0.05, 0.1) is 28.8 Å². The SMILES string of the molecule is O=C(Cc1cccc(-c2ccc(Cl)cc2Cl)n1)c1ccc(Oc2cc3c(cc2Cl)C(C(=O)[O-])CCO3)cc1.[Na+]. The van der Waals surface area contributed by atoms with Crippen molar-refractivity contribution in [2.24, 2.45) is 0 Å². The molecule has 0 bridgehead atoms. The molecule has 0 amide bonds. The fraction of sp³-hybridized carbons (Fsp3) is 0.138. The van der Waals surface area contributed by atoms with E-state index in [4.69, 9.17) is 44.3 Å². The largest absolute Gasteiger partial charge is 1.00 e. The molecule has 4 aromatic rings. The average Bonchev–Trinajstić information content (AvgIpc) is 2.89. The van der Waals surface area contributed by atoms with Crippen LogP contribution in [0, 0.1) is 0 Å². The van der Waals surface area contributed by atoms with Crippen LogP contribution in [0.2, 0.25) is 15.1 Å². The fourth-order valence-electron chi connectivity index (χ4n) is 4.24. The van der Waals surface area contributed by atoms with Crippen LogP contribution in [0.3, 0.4) is 0 Å². The Hall–Kier alpha value is -2.58. The number of aliphatic carboxylic acids is 1. The first kappa shape index (κ1) is 29.4. The molecular weight excluding hydrogens is 572 g/mol. The second-order valence-corrected chi connectivity index (χ2v) is 9.94. The molecule has 192 valence electrons. The van der Waals surface area contributed by atoms with E-state index in [0.29, 0.717) is 56.2 Å². The van der Waals surface area contributed by atoms with Gasteiger partial charge in [-0.2, -0.15) is 0 Å². The van der Waals surface area contributed by atoms with Crippen LogP contribution < -0.4 is 44.1 Å². The number of pyridine rings is 1. The Balaban J connectivity index is 0.00000353. The fourth-order valence-corrected chi connectivity index (χ4v) is 4.96. The number of hydrogen-bond donors (Lipinski definition) is 0. The summed E-state index contributed by atoms with van der Waals surface area (Å²) in [4.78, 5) is 29.0. The van der Waals surface area contributed by atoms with Crippen LogP contribution in [0.5, 0.6) is 17.2 Å². The van der Waals surface area contributed by atoms with E-state index < -0.39 is 11.9 Å². The third-order valence-electron chi connectivity index (χ3n) is 6.15. The first-order valence-electron chi connectivity index (χ1n) is 11.7. The molecule has 0 saturated heterocycles. The number of fused-ring (bicyclic) bond motifs is 1. The standard InChI is InChI=1S/C29H20Cl3NO5.Na/c30-17-6-9-21(23(31)12-17)25-3-1-2-18(33-25)13-26(34)16-4-7-19(8-5-16)38-28-15-27-22(14-24(28)32)20(29(35)36)10-11-37-27;/h1-9,12,14-15,20H,10-11,13H2,(H,35,36);/q;+1/p-1. The predicted molar refractivity (Wildman–Crippen MR) is 144 cm³/mol. The minimum absolute atomic E-state index is 0. The van der Waals surface area contributed by atoms with Gasteiger partial charge in [-0.1, -0.05) is 40.9 Å². The Morgan fingerprint density at radius 2 is 1.74 bits per heavy atom. The van der Waals surface area contributed by atoms with Crippen LogP contribution >= 0.6 is 34.8 Å². The Bertz CT molecular complexity index is 1540. The second kappa shape index (κ2) is 12.7. The van der Waals surface area contributed by atoms with E-state index in [0.717, 1.165) is 5.56 Å². The normalized spacial score (nSPS) is 14.0. The molecule has 5 rings (SSSR count). The van der Waals surface area contributed by atoms with E-state index in [2.05, 4.69) is 4.98 Å². The van der Waals surface area contributed by atoms with Crippen molar-refractivity contribution in [2.75, 3.05) is 6.61 Å². The molecule has 1 unspecified atom stereocenters. The first-order valence-corrected chi connectivity index (χ1v) is 12.8. The summed E-state index contributed by atoms with van der Waals surface area (Å²) in [5, 5.41) is 12.7. The molecule has 10 heteroatoms. The van der Waals surface area contributed by atoms with Crippen molar-refractivity contribution in [3.63, 3.8) is 0 Å². The van der Waals surface area contributed by atoms with Crippen LogP contribution in [-0.4, -0.2) is 23.3 Å². The maximum atomic E-state index is 12.9. The molecule has 0 saturated carbocycles. The summed E-state index contributed by atoms with van der Waals surface area (Å²) < 4.78 is 11.5. The number of carboxylic acid groups (broad SMARTS) is 1. The van der Waals surface area contributed by atoms with Crippen LogP contribution in [0.15, 0.2) is 72.8 Å².